The van der Waals surface area contributed by atoms with Crippen LogP contribution in [0.1, 0.15) is 5.56 Å². The summed E-state index contributed by atoms with van der Waals surface area (Å²) in [5.41, 5.74) is 0.829. The minimum Gasteiger partial charge on any atom is -0.241 e. The molecule has 0 amide bonds. The van der Waals surface area contributed by atoms with Gasteiger partial charge in [0.2, 0.25) is 0 Å². The van der Waals surface area contributed by atoms with Gasteiger partial charge >= 0.3 is 0 Å². The maximum atomic E-state index is 5.84. The summed E-state index contributed by atoms with van der Waals surface area (Å²) in [6.45, 7) is 0. The molecular weight excluding hydrogens is 228 g/mol. The van der Waals surface area contributed by atoms with Crippen molar-refractivity contribution in [2.75, 3.05) is 0 Å². The summed E-state index contributed by atoms with van der Waals surface area (Å²) in [5.74, 6) is 0. The van der Waals surface area contributed by atoms with Crippen molar-refractivity contribution in [3.63, 3.8) is 0 Å². The zero-order valence-corrected chi connectivity index (χ0v) is 8.81. The smallest absolute Gasteiger partial charge is 0.136 e. The Balaban J connectivity index is 2.86. The van der Waals surface area contributed by atoms with Crippen molar-refractivity contribution >= 4 is 40.0 Å². The molecule has 0 saturated heterocycles. The van der Waals surface area contributed by atoms with Crippen molar-refractivity contribution in [3.05, 3.63) is 46.6 Å². The fourth-order valence-electron chi connectivity index (χ4n) is 0.756. The molecule has 0 aliphatic carbocycles. The quantitative estimate of drug-likeness (QED) is 0.687. The molecule has 1 aromatic carbocycles. The molecule has 68 valence electrons. The second-order valence-corrected chi connectivity index (χ2v) is 3.57. The number of halogens is 3. The van der Waals surface area contributed by atoms with E-state index in [4.69, 9.17) is 34.8 Å². The lowest BCUT2D eigenvalue weighted by atomic mass is 10.2. The minimum absolute atomic E-state index is 0.0779. The number of aliphatic imine (C=N–C) groups is 1. The van der Waals surface area contributed by atoms with E-state index in [2.05, 4.69) is 4.99 Å². The topological polar surface area (TPSA) is 12.4 Å². The standard InChI is InChI=1S/C9H6Cl3N/c10-8(11)6-13-9(12)7-4-2-1-3-5-7/h1-6H. The molecule has 0 aromatic heterocycles. The monoisotopic (exact) mass is 233 g/mol. The van der Waals surface area contributed by atoms with Crippen LogP contribution in [0.25, 0.3) is 0 Å². The highest BCUT2D eigenvalue weighted by atomic mass is 35.5. The maximum absolute atomic E-state index is 5.84. The van der Waals surface area contributed by atoms with Crippen molar-refractivity contribution in [1.29, 1.82) is 0 Å². The number of hydrogen-bond donors (Lipinski definition) is 0. The predicted molar refractivity (Wildman–Crippen MR) is 58.6 cm³/mol. The largest absolute Gasteiger partial charge is 0.241 e. The molecule has 13 heavy (non-hydrogen) atoms. The van der Waals surface area contributed by atoms with Gasteiger partial charge in [0.25, 0.3) is 0 Å². The first-order valence-corrected chi connectivity index (χ1v) is 4.63. The first kappa shape index (κ1) is 10.6. The van der Waals surface area contributed by atoms with Crippen LogP contribution in [0.4, 0.5) is 0 Å². The van der Waals surface area contributed by atoms with Crippen LogP contribution >= 0.6 is 34.8 Å². The molecule has 0 aliphatic rings. The van der Waals surface area contributed by atoms with Gasteiger partial charge in [0, 0.05) is 5.56 Å². The van der Waals surface area contributed by atoms with Gasteiger partial charge in [-0.25, -0.2) is 4.99 Å². The van der Waals surface area contributed by atoms with Crippen LogP contribution in [0.5, 0.6) is 0 Å². The first-order chi connectivity index (χ1) is 6.20. The summed E-state index contributed by atoms with van der Waals surface area (Å²) in [4.78, 5) is 3.85. The third-order valence-corrected chi connectivity index (χ3v) is 1.80. The van der Waals surface area contributed by atoms with E-state index in [0.717, 1.165) is 5.56 Å². The number of benzene rings is 1. The Labute approximate surface area is 91.6 Å². The van der Waals surface area contributed by atoms with Crippen molar-refractivity contribution in [1.82, 2.24) is 0 Å². The molecule has 0 aliphatic heterocycles. The summed E-state index contributed by atoms with van der Waals surface area (Å²) in [5, 5.41) is 0.361. The van der Waals surface area contributed by atoms with Crippen LogP contribution in [-0.2, 0) is 0 Å². The molecule has 0 N–H and O–H groups in total. The van der Waals surface area contributed by atoms with E-state index in [1.165, 1.54) is 6.20 Å². The van der Waals surface area contributed by atoms with E-state index in [0.29, 0.717) is 5.17 Å². The number of nitrogens with zero attached hydrogens (tertiary/aromatic N) is 1. The van der Waals surface area contributed by atoms with Gasteiger partial charge in [0.15, 0.2) is 0 Å². The molecular formula is C9H6Cl3N. The fourth-order valence-corrected chi connectivity index (χ4v) is 1.03. The van der Waals surface area contributed by atoms with Crippen molar-refractivity contribution in [2.24, 2.45) is 4.99 Å². The average molecular weight is 235 g/mol. The van der Waals surface area contributed by atoms with E-state index in [1.54, 1.807) is 0 Å². The third kappa shape index (κ3) is 3.81. The van der Waals surface area contributed by atoms with E-state index < -0.39 is 0 Å². The highest BCUT2D eigenvalue weighted by Crippen LogP contribution is 2.09. The highest BCUT2D eigenvalue weighted by Gasteiger charge is 1.95. The predicted octanol–water partition coefficient (Wildman–Crippen LogP) is 3.95. The highest BCUT2D eigenvalue weighted by molar-refractivity contribution is 6.69. The Kier molecular flexibility index (Phi) is 4.29. The molecule has 0 radical (unpaired) electrons. The molecule has 0 saturated carbocycles. The lowest BCUT2D eigenvalue weighted by Crippen LogP contribution is -1.88. The molecule has 0 fully saturated rings. The molecule has 0 unspecified atom stereocenters. The van der Waals surface area contributed by atoms with E-state index in [9.17, 15) is 0 Å². The van der Waals surface area contributed by atoms with Crippen molar-refractivity contribution in [2.45, 2.75) is 0 Å². The second kappa shape index (κ2) is 5.28. The van der Waals surface area contributed by atoms with Crippen LogP contribution in [-0.4, -0.2) is 5.17 Å². The van der Waals surface area contributed by atoms with Crippen LogP contribution in [0, 0.1) is 0 Å². The van der Waals surface area contributed by atoms with Crippen LogP contribution in [0.15, 0.2) is 46.0 Å². The normalized spacial score (nSPS) is 11.2. The summed E-state index contributed by atoms with van der Waals surface area (Å²) in [6.07, 6.45) is 1.29. The lowest BCUT2D eigenvalue weighted by molar-refractivity contribution is 1.56. The summed E-state index contributed by atoms with van der Waals surface area (Å²) in [6, 6.07) is 9.35. The molecule has 0 heterocycles. The maximum Gasteiger partial charge on any atom is 0.136 e. The average Bonchev–Trinajstić information content (AvgIpc) is 2.15. The Morgan fingerprint density at radius 1 is 1.08 bits per heavy atom. The molecule has 0 bridgehead atoms. The third-order valence-electron chi connectivity index (χ3n) is 1.29. The van der Waals surface area contributed by atoms with E-state index in [-0.39, 0.29) is 4.49 Å². The number of hydrogen-bond acceptors (Lipinski definition) is 1. The SMILES string of the molecule is ClC(Cl)=CN=C(Cl)c1ccccc1. The van der Waals surface area contributed by atoms with Crippen LogP contribution in [0.2, 0.25) is 0 Å². The minimum atomic E-state index is 0.0779. The Morgan fingerprint density at radius 3 is 2.23 bits per heavy atom. The molecule has 1 rings (SSSR count). The zero-order chi connectivity index (χ0) is 9.68. The summed E-state index contributed by atoms with van der Waals surface area (Å²) in [7, 11) is 0. The first-order valence-electron chi connectivity index (χ1n) is 3.50. The molecule has 1 aromatic rings. The Bertz CT molecular complexity index is 326. The van der Waals surface area contributed by atoms with E-state index in [1.807, 2.05) is 30.3 Å². The second-order valence-electron chi connectivity index (χ2n) is 2.20. The van der Waals surface area contributed by atoms with Gasteiger partial charge in [0.1, 0.15) is 9.66 Å². The van der Waals surface area contributed by atoms with Gasteiger partial charge in [-0.3, -0.25) is 0 Å². The van der Waals surface area contributed by atoms with Gasteiger partial charge in [-0.2, -0.15) is 0 Å². The summed E-state index contributed by atoms with van der Waals surface area (Å²) >= 11 is 16.6. The molecule has 0 atom stereocenters. The zero-order valence-electron chi connectivity index (χ0n) is 6.55. The van der Waals surface area contributed by atoms with Crippen LogP contribution < -0.4 is 0 Å². The Morgan fingerprint density at radius 2 is 1.69 bits per heavy atom. The fraction of sp³-hybridized carbons (Fsp3) is 0. The van der Waals surface area contributed by atoms with Gasteiger partial charge < -0.3 is 0 Å². The summed E-state index contributed by atoms with van der Waals surface area (Å²) < 4.78 is 0.0779. The molecule has 0 spiro atoms. The van der Waals surface area contributed by atoms with Gasteiger partial charge in [-0.05, 0) is 0 Å². The van der Waals surface area contributed by atoms with Crippen molar-refractivity contribution in [3.8, 4) is 0 Å². The Hall–Kier alpha value is -0.500. The van der Waals surface area contributed by atoms with Gasteiger partial charge in [0.05, 0.1) is 6.20 Å². The number of rotatable bonds is 2. The van der Waals surface area contributed by atoms with Gasteiger partial charge in [-0.15, -0.1) is 0 Å². The lowest BCUT2D eigenvalue weighted by Gasteiger charge is -1.94. The van der Waals surface area contributed by atoms with E-state index >= 15 is 0 Å². The van der Waals surface area contributed by atoms with Crippen molar-refractivity contribution < 1.29 is 0 Å². The van der Waals surface area contributed by atoms with Crippen LogP contribution in [0.3, 0.4) is 0 Å². The molecule has 4 heteroatoms. The molecule has 1 nitrogen and oxygen atoms in total. The van der Waals surface area contributed by atoms with Gasteiger partial charge in [-0.1, -0.05) is 65.1 Å².